The van der Waals surface area contributed by atoms with Crippen LogP contribution < -0.4 is 16.6 Å². The van der Waals surface area contributed by atoms with Gasteiger partial charge in [0.25, 0.3) is 0 Å². The highest BCUT2D eigenvalue weighted by Gasteiger charge is 2.28. The van der Waals surface area contributed by atoms with Crippen LogP contribution in [0.25, 0.3) is 0 Å². The molecule has 17 heavy (non-hydrogen) atoms. The summed E-state index contributed by atoms with van der Waals surface area (Å²) in [4.78, 5) is 4.32. The second-order valence-corrected chi connectivity index (χ2v) is 5.47. The van der Waals surface area contributed by atoms with Crippen LogP contribution >= 0.6 is 0 Å². The number of aliphatic imine (C=N–C) groups is 1. The van der Waals surface area contributed by atoms with E-state index in [4.69, 9.17) is 10.6 Å². The Kier molecular flexibility index (Phi) is 5.71. The molecule has 0 aromatic carbocycles. The van der Waals surface area contributed by atoms with Gasteiger partial charge < -0.3 is 10.1 Å². The van der Waals surface area contributed by atoms with Gasteiger partial charge in [-0.15, -0.1) is 0 Å². The van der Waals surface area contributed by atoms with E-state index in [2.05, 4.69) is 29.6 Å². The molecule has 0 aromatic heterocycles. The predicted octanol–water partition coefficient (Wildman–Crippen LogP) is 1.01. The molecule has 1 unspecified atom stereocenters. The number of hydrogen-bond acceptors (Lipinski definition) is 3. The van der Waals surface area contributed by atoms with Gasteiger partial charge in [0.2, 0.25) is 5.96 Å². The number of methoxy groups -OCH3 is 1. The summed E-state index contributed by atoms with van der Waals surface area (Å²) in [5, 5.41) is 3.38. The Bertz CT molecular complexity index is 253. The molecule has 1 saturated carbocycles. The average Bonchev–Trinajstić information content (AvgIpc) is 2.26. The zero-order valence-corrected chi connectivity index (χ0v) is 11.3. The van der Waals surface area contributed by atoms with Gasteiger partial charge in [-0.25, -0.2) is 10.8 Å². The number of nitrogens with two attached hydrogens (primary N) is 1. The van der Waals surface area contributed by atoms with Crippen LogP contribution in [0.4, 0.5) is 0 Å². The largest absolute Gasteiger partial charge is 0.383 e. The number of rotatable bonds is 4. The van der Waals surface area contributed by atoms with Gasteiger partial charge in [0.05, 0.1) is 13.2 Å². The first-order chi connectivity index (χ1) is 8.07. The molecule has 0 bridgehead atoms. The van der Waals surface area contributed by atoms with Crippen LogP contribution in [0.15, 0.2) is 4.99 Å². The average molecular weight is 242 g/mol. The van der Waals surface area contributed by atoms with Crippen LogP contribution in [0, 0.1) is 5.41 Å². The minimum atomic E-state index is 0.419. The van der Waals surface area contributed by atoms with Gasteiger partial charge in [-0.2, -0.15) is 0 Å². The third kappa shape index (κ3) is 5.37. The van der Waals surface area contributed by atoms with Gasteiger partial charge in [-0.3, -0.25) is 5.43 Å². The van der Waals surface area contributed by atoms with Crippen LogP contribution in [0.3, 0.4) is 0 Å². The van der Waals surface area contributed by atoms with E-state index in [0.717, 1.165) is 6.42 Å². The predicted molar refractivity (Wildman–Crippen MR) is 70.7 cm³/mol. The van der Waals surface area contributed by atoms with Crippen LogP contribution in [-0.4, -0.2) is 32.3 Å². The smallest absolute Gasteiger partial charge is 0.206 e. The summed E-state index contributed by atoms with van der Waals surface area (Å²) in [6.45, 7) is 5.87. The summed E-state index contributed by atoms with van der Waals surface area (Å²) in [5.74, 6) is 6.13. The Morgan fingerprint density at radius 3 is 2.88 bits per heavy atom. The number of hydrogen-bond donors (Lipinski definition) is 3. The van der Waals surface area contributed by atoms with Gasteiger partial charge in [0.1, 0.15) is 0 Å². The van der Waals surface area contributed by atoms with Crippen molar-refractivity contribution in [3.05, 3.63) is 0 Å². The lowest BCUT2D eigenvalue weighted by Crippen LogP contribution is -2.48. The molecule has 0 aromatic rings. The zero-order valence-electron chi connectivity index (χ0n) is 11.3. The van der Waals surface area contributed by atoms with Gasteiger partial charge >= 0.3 is 0 Å². The number of nitrogens with zero attached hydrogens (tertiary/aromatic N) is 1. The number of nitrogens with one attached hydrogen (secondary N) is 2. The number of ether oxygens (including phenoxy) is 1. The quantitative estimate of drug-likeness (QED) is 0.226. The van der Waals surface area contributed by atoms with Crippen LogP contribution in [0.1, 0.15) is 39.5 Å². The molecule has 1 fully saturated rings. The molecule has 0 radical (unpaired) electrons. The summed E-state index contributed by atoms with van der Waals surface area (Å²) in [6.07, 6.45) is 4.92. The van der Waals surface area contributed by atoms with E-state index in [1.165, 1.54) is 19.3 Å². The van der Waals surface area contributed by atoms with Crippen molar-refractivity contribution in [3.63, 3.8) is 0 Å². The molecule has 0 saturated heterocycles. The fourth-order valence-electron chi connectivity index (χ4n) is 2.40. The molecule has 1 aliphatic rings. The Labute approximate surface area is 104 Å². The molecule has 100 valence electrons. The summed E-state index contributed by atoms with van der Waals surface area (Å²) < 4.78 is 4.96. The summed E-state index contributed by atoms with van der Waals surface area (Å²) in [6, 6.07) is 0.469. The van der Waals surface area contributed by atoms with Crippen molar-refractivity contribution in [1.29, 1.82) is 0 Å². The summed E-state index contributed by atoms with van der Waals surface area (Å²) in [7, 11) is 1.67. The lowest BCUT2D eigenvalue weighted by atomic mass is 9.75. The second kappa shape index (κ2) is 6.81. The van der Waals surface area contributed by atoms with E-state index in [0.29, 0.717) is 30.6 Å². The van der Waals surface area contributed by atoms with E-state index in [-0.39, 0.29) is 0 Å². The van der Waals surface area contributed by atoms with Crippen molar-refractivity contribution in [3.8, 4) is 0 Å². The highest BCUT2D eigenvalue weighted by atomic mass is 16.5. The standard InChI is InChI=1S/C12H26N4O/c1-12(2)6-4-5-10(9-12)15-11(16-13)14-7-8-17-3/h10H,4-9,13H2,1-3H3,(H2,14,15,16). The molecular formula is C12H26N4O. The first-order valence-electron chi connectivity index (χ1n) is 6.34. The van der Waals surface area contributed by atoms with Crippen LogP contribution in [0.2, 0.25) is 0 Å². The van der Waals surface area contributed by atoms with Gasteiger partial charge in [0.15, 0.2) is 0 Å². The van der Waals surface area contributed by atoms with Crippen molar-refractivity contribution >= 4 is 5.96 Å². The molecule has 0 spiro atoms. The molecule has 4 N–H and O–H groups in total. The molecule has 1 rings (SSSR count). The van der Waals surface area contributed by atoms with E-state index >= 15 is 0 Å². The maximum Gasteiger partial charge on any atom is 0.206 e. The Morgan fingerprint density at radius 2 is 2.29 bits per heavy atom. The van der Waals surface area contributed by atoms with Crippen LogP contribution in [-0.2, 0) is 4.74 Å². The van der Waals surface area contributed by atoms with E-state index < -0.39 is 0 Å². The fraction of sp³-hybridized carbons (Fsp3) is 0.917. The number of hydrazine groups is 1. The van der Waals surface area contributed by atoms with E-state index in [1.54, 1.807) is 7.11 Å². The Hall–Kier alpha value is -0.810. The fourth-order valence-corrected chi connectivity index (χ4v) is 2.40. The molecule has 0 aliphatic heterocycles. The van der Waals surface area contributed by atoms with E-state index in [9.17, 15) is 0 Å². The first-order valence-corrected chi connectivity index (χ1v) is 6.34. The molecular weight excluding hydrogens is 216 g/mol. The van der Waals surface area contributed by atoms with E-state index in [1.807, 2.05) is 0 Å². The van der Waals surface area contributed by atoms with Crippen LogP contribution in [0.5, 0.6) is 0 Å². The highest BCUT2D eigenvalue weighted by molar-refractivity contribution is 5.79. The molecule has 5 heteroatoms. The Morgan fingerprint density at radius 1 is 1.53 bits per heavy atom. The van der Waals surface area contributed by atoms with Crippen molar-refractivity contribution in [2.75, 3.05) is 20.3 Å². The molecule has 1 atom stereocenters. The Balaban J connectivity index is 2.42. The third-order valence-electron chi connectivity index (χ3n) is 3.25. The molecule has 1 aliphatic carbocycles. The third-order valence-corrected chi connectivity index (χ3v) is 3.25. The second-order valence-electron chi connectivity index (χ2n) is 5.47. The maximum atomic E-state index is 5.46. The zero-order chi connectivity index (χ0) is 12.7. The SMILES string of the molecule is COCCN=C(NN)NC1CCCC(C)(C)C1. The monoisotopic (exact) mass is 242 g/mol. The number of guanidine groups is 1. The normalized spacial score (nSPS) is 24.5. The topological polar surface area (TPSA) is 71.7 Å². The highest BCUT2D eigenvalue weighted by Crippen LogP contribution is 2.34. The van der Waals surface area contributed by atoms with Gasteiger partial charge in [-0.1, -0.05) is 20.3 Å². The van der Waals surface area contributed by atoms with Crippen molar-refractivity contribution in [2.45, 2.75) is 45.6 Å². The molecule has 0 amide bonds. The van der Waals surface area contributed by atoms with Crippen molar-refractivity contribution in [2.24, 2.45) is 16.3 Å². The lowest BCUT2D eigenvalue weighted by molar-refractivity contribution is 0.205. The van der Waals surface area contributed by atoms with Crippen molar-refractivity contribution < 1.29 is 4.74 Å². The first kappa shape index (κ1) is 14.3. The van der Waals surface area contributed by atoms with Gasteiger partial charge in [-0.05, 0) is 24.7 Å². The molecule has 0 heterocycles. The minimum Gasteiger partial charge on any atom is -0.383 e. The van der Waals surface area contributed by atoms with Crippen molar-refractivity contribution in [1.82, 2.24) is 10.7 Å². The maximum absolute atomic E-state index is 5.46. The summed E-state index contributed by atoms with van der Waals surface area (Å²) in [5.41, 5.74) is 3.04. The summed E-state index contributed by atoms with van der Waals surface area (Å²) >= 11 is 0. The minimum absolute atomic E-state index is 0.419. The van der Waals surface area contributed by atoms with Gasteiger partial charge in [0, 0.05) is 13.2 Å². The molecule has 5 nitrogen and oxygen atoms in total. The lowest BCUT2D eigenvalue weighted by Gasteiger charge is -2.36.